The molecule has 0 radical (unpaired) electrons. The summed E-state index contributed by atoms with van der Waals surface area (Å²) in [6.45, 7) is 0. The van der Waals surface area contributed by atoms with Gasteiger partial charge in [0.1, 0.15) is 0 Å². The van der Waals surface area contributed by atoms with Crippen molar-refractivity contribution in [2.45, 2.75) is 10.6 Å². The topological polar surface area (TPSA) is 34.1 Å². The van der Waals surface area contributed by atoms with Gasteiger partial charge >= 0.3 is 0 Å². The van der Waals surface area contributed by atoms with Gasteiger partial charge in [-0.1, -0.05) is 29.3 Å². The van der Waals surface area contributed by atoms with Crippen molar-refractivity contribution in [3.8, 4) is 0 Å². The molecular formula is C13H8Cl2F2O2S. The van der Waals surface area contributed by atoms with Crippen LogP contribution in [0.2, 0.25) is 10.0 Å². The summed E-state index contributed by atoms with van der Waals surface area (Å²) in [5.74, 6) is -2.74. The number of hydrogen-bond donors (Lipinski definition) is 0. The van der Waals surface area contributed by atoms with Crippen molar-refractivity contribution in [2.24, 2.45) is 0 Å². The summed E-state index contributed by atoms with van der Waals surface area (Å²) in [6, 6.07) is 6.82. The Morgan fingerprint density at radius 1 is 0.950 bits per heavy atom. The Bertz CT molecular complexity index is 761. The second-order valence-electron chi connectivity index (χ2n) is 4.07. The molecule has 0 atom stereocenters. The van der Waals surface area contributed by atoms with Gasteiger partial charge in [-0.2, -0.15) is 0 Å². The van der Waals surface area contributed by atoms with Crippen LogP contribution in [-0.2, 0) is 15.6 Å². The Morgan fingerprint density at radius 2 is 1.65 bits per heavy atom. The van der Waals surface area contributed by atoms with E-state index in [1.165, 1.54) is 18.2 Å². The molecule has 0 aromatic heterocycles. The molecule has 0 amide bonds. The minimum atomic E-state index is -3.82. The average molecular weight is 337 g/mol. The second kappa shape index (κ2) is 5.68. The van der Waals surface area contributed by atoms with Crippen molar-refractivity contribution in [1.29, 1.82) is 0 Å². The van der Waals surface area contributed by atoms with Crippen LogP contribution in [0.25, 0.3) is 0 Å². The van der Waals surface area contributed by atoms with Gasteiger partial charge in [-0.05, 0) is 35.9 Å². The zero-order valence-corrected chi connectivity index (χ0v) is 12.2. The Labute approximate surface area is 124 Å². The zero-order chi connectivity index (χ0) is 14.9. The van der Waals surface area contributed by atoms with E-state index in [1.54, 1.807) is 0 Å². The van der Waals surface area contributed by atoms with Crippen LogP contribution in [0.3, 0.4) is 0 Å². The third-order valence-electron chi connectivity index (χ3n) is 2.61. The Kier molecular flexibility index (Phi) is 4.32. The molecule has 0 unspecified atom stereocenters. The normalized spacial score (nSPS) is 11.6. The van der Waals surface area contributed by atoms with Gasteiger partial charge in [0, 0.05) is 10.0 Å². The van der Waals surface area contributed by atoms with E-state index in [4.69, 9.17) is 23.2 Å². The lowest BCUT2D eigenvalue weighted by molar-refractivity contribution is 0.504. The minimum Gasteiger partial charge on any atom is -0.223 e. The molecule has 2 nitrogen and oxygen atoms in total. The van der Waals surface area contributed by atoms with Gasteiger partial charge in [0.25, 0.3) is 0 Å². The van der Waals surface area contributed by atoms with Crippen molar-refractivity contribution < 1.29 is 17.2 Å². The largest absolute Gasteiger partial charge is 0.223 e. The monoisotopic (exact) mass is 336 g/mol. The highest BCUT2D eigenvalue weighted by molar-refractivity contribution is 7.90. The van der Waals surface area contributed by atoms with Gasteiger partial charge in [-0.25, -0.2) is 17.2 Å². The summed E-state index contributed by atoms with van der Waals surface area (Å²) in [7, 11) is -3.82. The third kappa shape index (κ3) is 3.29. The van der Waals surface area contributed by atoms with Crippen LogP contribution >= 0.6 is 23.2 Å². The van der Waals surface area contributed by atoms with Crippen LogP contribution in [0.1, 0.15) is 5.56 Å². The summed E-state index contributed by atoms with van der Waals surface area (Å²) in [6.07, 6.45) is 0. The molecule has 0 bridgehead atoms. The number of halogens is 4. The molecule has 7 heteroatoms. The highest BCUT2D eigenvalue weighted by atomic mass is 35.5. The van der Waals surface area contributed by atoms with Gasteiger partial charge in [0.2, 0.25) is 0 Å². The molecule has 2 aromatic rings. The summed E-state index contributed by atoms with van der Waals surface area (Å²) >= 11 is 11.6. The standard InChI is InChI=1S/C13H8Cl2F2O2S/c14-9-2-1-8(11(15)5-9)7-20(18,19)10-3-4-12(16)13(17)6-10/h1-6H,7H2. The predicted molar refractivity (Wildman–Crippen MR) is 73.7 cm³/mol. The highest BCUT2D eigenvalue weighted by Crippen LogP contribution is 2.25. The molecule has 0 aliphatic carbocycles. The Hall–Kier alpha value is -1.17. The molecule has 0 N–H and O–H groups in total. The van der Waals surface area contributed by atoms with Gasteiger partial charge in [0.05, 0.1) is 10.6 Å². The number of rotatable bonds is 3. The van der Waals surface area contributed by atoms with Crippen LogP contribution < -0.4 is 0 Å². The quantitative estimate of drug-likeness (QED) is 0.785. The van der Waals surface area contributed by atoms with Gasteiger partial charge < -0.3 is 0 Å². The average Bonchev–Trinajstić information content (AvgIpc) is 2.36. The SMILES string of the molecule is O=S(=O)(Cc1ccc(Cl)cc1Cl)c1ccc(F)c(F)c1. The van der Waals surface area contributed by atoms with Gasteiger partial charge in [0.15, 0.2) is 21.5 Å². The summed E-state index contributed by atoms with van der Waals surface area (Å²) in [4.78, 5) is -0.303. The maximum absolute atomic E-state index is 13.1. The van der Waals surface area contributed by atoms with E-state index in [0.717, 1.165) is 12.1 Å². The molecule has 0 fully saturated rings. The molecule has 106 valence electrons. The van der Waals surface area contributed by atoms with E-state index >= 15 is 0 Å². The lowest BCUT2D eigenvalue weighted by Gasteiger charge is -2.07. The molecular weight excluding hydrogens is 329 g/mol. The van der Waals surface area contributed by atoms with E-state index in [1.807, 2.05) is 0 Å². The maximum Gasteiger partial charge on any atom is 0.182 e. The van der Waals surface area contributed by atoms with Crippen molar-refractivity contribution in [3.05, 3.63) is 63.6 Å². The molecule has 2 rings (SSSR count). The lowest BCUT2D eigenvalue weighted by atomic mass is 10.2. The molecule has 0 saturated heterocycles. The molecule has 20 heavy (non-hydrogen) atoms. The molecule has 0 heterocycles. The van der Waals surface area contributed by atoms with Crippen molar-refractivity contribution in [3.63, 3.8) is 0 Å². The minimum absolute atomic E-state index is 0.198. The highest BCUT2D eigenvalue weighted by Gasteiger charge is 2.19. The van der Waals surface area contributed by atoms with Crippen LogP contribution in [-0.4, -0.2) is 8.42 Å². The zero-order valence-electron chi connectivity index (χ0n) is 9.91. The predicted octanol–water partition coefficient (Wildman–Crippen LogP) is 4.25. The smallest absolute Gasteiger partial charge is 0.182 e. The second-order valence-corrected chi connectivity index (χ2v) is 6.90. The lowest BCUT2D eigenvalue weighted by Crippen LogP contribution is -2.06. The molecule has 0 aliphatic heterocycles. The van der Waals surface area contributed by atoms with E-state index in [-0.39, 0.29) is 9.92 Å². The van der Waals surface area contributed by atoms with Crippen molar-refractivity contribution in [2.75, 3.05) is 0 Å². The summed E-state index contributed by atoms with van der Waals surface area (Å²) in [5.41, 5.74) is 0.334. The number of hydrogen-bond acceptors (Lipinski definition) is 2. The fourth-order valence-electron chi connectivity index (χ4n) is 1.60. The van der Waals surface area contributed by atoms with E-state index in [0.29, 0.717) is 16.7 Å². The van der Waals surface area contributed by atoms with Crippen LogP contribution in [0.5, 0.6) is 0 Å². The van der Waals surface area contributed by atoms with Crippen LogP contribution in [0, 0.1) is 11.6 Å². The van der Waals surface area contributed by atoms with E-state index in [2.05, 4.69) is 0 Å². The number of benzene rings is 2. The molecule has 0 saturated carbocycles. The molecule has 2 aromatic carbocycles. The first-order valence-corrected chi connectivity index (χ1v) is 7.82. The fourth-order valence-corrected chi connectivity index (χ4v) is 3.54. The fraction of sp³-hybridized carbons (Fsp3) is 0.0769. The van der Waals surface area contributed by atoms with Crippen LogP contribution in [0.4, 0.5) is 8.78 Å². The number of sulfone groups is 1. The molecule has 0 aliphatic rings. The first-order chi connectivity index (χ1) is 9.29. The summed E-state index contributed by atoms with van der Waals surface area (Å²) in [5, 5.41) is 0.577. The van der Waals surface area contributed by atoms with Crippen molar-refractivity contribution in [1.82, 2.24) is 0 Å². The molecule has 0 spiro atoms. The van der Waals surface area contributed by atoms with E-state index < -0.39 is 27.2 Å². The first kappa shape index (κ1) is 15.2. The Balaban J connectivity index is 2.38. The van der Waals surface area contributed by atoms with Crippen molar-refractivity contribution >= 4 is 33.0 Å². The van der Waals surface area contributed by atoms with Crippen LogP contribution in [0.15, 0.2) is 41.3 Å². The van der Waals surface area contributed by atoms with Gasteiger partial charge in [-0.3, -0.25) is 0 Å². The maximum atomic E-state index is 13.1. The summed E-state index contributed by atoms with van der Waals surface area (Å²) < 4.78 is 50.2. The first-order valence-electron chi connectivity index (χ1n) is 5.41. The van der Waals surface area contributed by atoms with E-state index in [9.17, 15) is 17.2 Å². The third-order valence-corrected chi connectivity index (χ3v) is 4.86. The van der Waals surface area contributed by atoms with Gasteiger partial charge in [-0.15, -0.1) is 0 Å². The Morgan fingerprint density at radius 3 is 2.25 bits per heavy atom.